The van der Waals surface area contributed by atoms with Gasteiger partial charge in [0.2, 0.25) is 0 Å². The fraction of sp³-hybridized carbons (Fsp3) is 0.138. The summed E-state index contributed by atoms with van der Waals surface area (Å²) in [6.45, 7) is 0.391. The van der Waals surface area contributed by atoms with Crippen LogP contribution in [0.3, 0.4) is 0 Å². The summed E-state index contributed by atoms with van der Waals surface area (Å²) in [7, 11) is 0. The Labute approximate surface area is 209 Å². The molecule has 0 aromatic heterocycles. The minimum absolute atomic E-state index is 0.0426. The van der Waals surface area contributed by atoms with Crippen molar-refractivity contribution in [3.05, 3.63) is 108 Å². The van der Waals surface area contributed by atoms with Crippen molar-refractivity contribution in [2.24, 2.45) is 0 Å². The summed E-state index contributed by atoms with van der Waals surface area (Å²) in [5.41, 5.74) is 1.09. The minimum Gasteiger partial charge on any atom is -0.491 e. The molecular formula is C29H26O7. The third-order valence-corrected chi connectivity index (χ3v) is 5.07. The summed E-state index contributed by atoms with van der Waals surface area (Å²) in [6.07, 6.45) is 0. The van der Waals surface area contributed by atoms with E-state index in [1.165, 1.54) is 0 Å². The van der Waals surface area contributed by atoms with Crippen LogP contribution in [0.2, 0.25) is 0 Å². The van der Waals surface area contributed by atoms with Crippen LogP contribution in [0, 0.1) is 0 Å². The second-order valence-corrected chi connectivity index (χ2v) is 7.67. The Morgan fingerprint density at radius 1 is 0.472 bits per heavy atom. The third kappa shape index (κ3) is 6.85. The first kappa shape index (κ1) is 24.8. The van der Waals surface area contributed by atoms with E-state index in [1.807, 2.05) is 0 Å². The van der Waals surface area contributed by atoms with Crippen LogP contribution in [-0.2, 0) is 0 Å². The van der Waals surface area contributed by atoms with Gasteiger partial charge in [0, 0.05) is 11.1 Å². The highest BCUT2D eigenvalue weighted by Crippen LogP contribution is 2.27. The monoisotopic (exact) mass is 486 g/mol. The zero-order valence-corrected chi connectivity index (χ0v) is 19.5. The molecule has 0 amide bonds. The van der Waals surface area contributed by atoms with E-state index in [9.17, 15) is 4.79 Å². The molecule has 184 valence electrons. The second-order valence-electron chi connectivity index (χ2n) is 7.67. The maximum atomic E-state index is 12.9. The van der Waals surface area contributed by atoms with E-state index < -0.39 is 0 Å². The van der Waals surface area contributed by atoms with Crippen molar-refractivity contribution in [3.63, 3.8) is 0 Å². The molecule has 0 unspecified atom stereocenters. The van der Waals surface area contributed by atoms with Gasteiger partial charge in [-0.2, -0.15) is 0 Å². The lowest BCUT2D eigenvalue weighted by molar-refractivity contribution is 0.103. The van der Waals surface area contributed by atoms with Gasteiger partial charge in [-0.05, 0) is 97.1 Å². The van der Waals surface area contributed by atoms with Gasteiger partial charge in [-0.3, -0.25) is 4.79 Å². The largest absolute Gasteiger partial charge is 0.491 e. The van der Waals surface area contributed by atoms with Gasteiger partial charge in [0.15, 0.2) is 5.78 Å². The number of ketones is 1. The number of benzene rings is 4. The van der Waals surface area contributed by atoms with Crippen molar-refractivity contribution in [3.8, 4) is 34.5 Å². The van der Waals surface area contributed by atoms with Crippen LogP contribution in [-0.4, -0.2) is 42.4 Å². The maximum absolute atomic E-state index is 12.9. The van der Waals surface area contributed by atoms with Crippen LogP contribution in [0.25, 0.3) is 0 Å². The van der Waals surface area contributed by atoms with Crippen LogP contribution < -0.4 is 18.9 Å². The number of hydrogen-bond donors (Lipinski definition) is 2. The maximum Gasteiger partial charge on any atom is 0.193 e. The molecule has 7 heteroatoms. The summed E-state index contributed by atoms with van der Waals surface area (Å²) in [4.78, 5) is 12.9. The van der Waals surface area contributed by atoms with E-state index in [4.69, 9.17) is 29.2 Å². The molecule has 0 heterocycles. The van der Waals surface area contributed by atoms with E-state index in [1.54, 1.807) is 97.1 Å². The van der Waals surface area contributed by atoms with Crippen LogP contribution in [0.15, 0.2) is 97.1 Å². The van der Waals surface area contributed by atoms with Crippen LogP contribution in [0.4, 0.5) is 0 Å². The molecule has 36 heavy (non-hydrogen) atoms. The molecular weight excluding hydrogens is 460 g/mol. The van der Waals surface area contributed by atoms with Crippen molar-refractivity contribution < 1.29 is 34.0 Å². The van der Waals surface area contributed by atoms with Crippen molar-refractivity contribution in [1.82, 2.24) is 0 Å². The zero-order chi connectivity index (χ0) is 25.2. The average Bonchev–Trinajstić information content (AvgIpc) is 2.93. The fourth-order valence-corrected chi connectivity index (χ4v) is 3.32. The number of rotatable bonds is 12. The highest BCUT2D eigenvalue weighted by molar-refractivity contribution is 6.09. The van der Waals surface area contributed by atoms with Crippen LogP contribution >= 0.6 is 0 Å². The van der Waals surface area contributed by atoms with Crippen LogP contribution in [0.5, 0.6) is 34.5 Å². The van der Waals surface area contributed by atoms with Crippen molar-refractivity contribution >= 4 is 5.78 Å². The van der Waals surface area contributed by atoms with Gasteiger partial charge in [0.05, 0.1) is 13.2 Å². The van der Waals surface area contributed by atoms with E-state index in [0.717, 1.165) is 0 Å². The van der Waals surface area contributed by atoms with E-state index in [2.05, 4.69) is 0 Å². The fourth-order valence-electron chi connectivity index (χ4n) is 3.32. The van der Waals surface area contributed by atoms with Crippen molar-refractivity contribution in [2.45, 2.75) is 0 Å². The summed E-state index contributed by atoms with van der Waals surface area (Å²) >= 11 is 0. The lowest BCUT2D eigenvalue weighted by Gasteiger charge is -2.09. The SMILES string of the molecule is O=C(c1ccc(Oc2ccc(OCCO)cc2)cc1)c1ccc(Oc2ccc(OCCO)cc2)cc1. The molecule has 0 aliphatic rings. The highest BCUT2D eigenvalue weighted by atomic mass is 16.5. The predicted octanol–water partition coefficient (Wildman–Crippen LogP) is 5.24. The normalized spacial score (nSPS) is 10.5. The molecule has 0 saturated heterocycles. The number of aliphatic hydroxyl groups excluding tert-OH is 2. The zero-order valence-electron chi connectivity index (χ0n) is 19.5. The number of aliphatic hydroxyl groups is 2. The lowest BCUT2D eigenvalue weighted by atomic mass is 10.0. The molecule has 4 aromatic rings. The van der Waals surface area contributed by atoms with E-state index >= 15 is 0 Å². The molecule has 2 N–H and O–H groups in total. The number of ether oxygens (including phenoxy) is 4. The second kappa shape index (κ2) is 12.4. The van der Waals surface area contributed by atoms with Gasteiger partial charge in [0.25, 0.3) is 0 Å². The summed E-state index contributed by atoms with van der Waals surface area (Å²) in [5.74, 6) is 3.66. The molecule has 0 aliphatic carbocycles. The Hall–Kier alpha value is -4.33. The number of hydrogen-bond acceptors (Lipinski definition) is 7. The van der Waals surface area contributed by atoms with Gasteiger partial charge in [0.1, 0.15) is 47.7 Å². The Balaban J connectivity index is 1.33. The molecule has 0 aliphatic heterocycles. The molecule has 0 radical (unpaired) electrons. The molecule has 4 aromatic carbocycles. The van der Waals surface area contributed by atoms with Gasteiger partial charge in [-0.15, -0.1) is 0 Å². The highest BCUT2D eigenvalue weighted by Gasteiger charge is 2.10. The summed E-state index contributed by atoms with van der Waals surface area (Å²) in [5, 5.41) is 17.6. The van der Waals surface area contributed by atoms with Gasteiger partial charge < -0.3 is 29.2 Å². The van der Waals surface area contributed by atoms with Crippen LogP contribution in [0.1, 0.15) is 15.9 Å². The van der Waals surface area contributed by atoms with Gasteiger partial charge in [-0.25, -0.2) is 0 Å². The van der Waals surface area contributed by atoms with Crippen molar-refractivity contribution in [1.29, 1.82) is 0 Å². The first-order chi connectivity index (χ1) is 17.6. The van der Waals surface area contributed by atoms with Gasteiger partial charge >= 0.3 is 0 Å². The first-order valence-corrected chi connectivity index (χ1v) is 11.4. The van der Waals surface area contributed by atoms with Crippen molar-refractivity contribution in [2.75, 3.05) is 26.4 Å². The molecule has 0 fully saturated rings. The number of carbonyl (C=O) groups is 1. The molecule has 4 rings (SSSR count). The Bertz CT molecular complexity index is 1130. The summed E-state index contributed by atoms with van der Waals surface area (Å²) < 4.78 is 22.3. The lowest BCUT2D eigenvalue weighted by Crippen LogP contribution is -2.01. The third-order valence-electron chi connectivity index (χ3n) is 5.07. The van der Waals surface area contributed by atoms with E-state index in [-0.39, 0.29) is 32.2 Å². The predicted molar refractivity (Wildman–Crippen MR) is 135 cm³/mol. The Morgan fingerprint density at radius 3 is 1.06 bits per heavy atom. The molecule has 0 atom stereocenters. The molecule has 0 bridgehead atoms. The van der Waals surface area contributed by atoms with E-state index in [0.29, 0.717) is 45.6 Å². The standard InChI is InChI=1S/C29H26O7/c30-17-19-33-23-9-13-27(14-10-23)35-25-5-1-21(2-6-25)29(32)22-3-7-26(8-4-22)36-28-15-11-24(12-16-28)34-20-18-31/h1-16,30-31H,17-20H2. The van der Waals surface area contributed by atoms with Gasteiger partial charge in [-0.1, -0.05) is 0 Å². The summed E-state index contributed by atoms with van der Waals surface area (Å²) in [6, 6.07) is 28.0. The average molecular weight is 487 g/mol. The molecule has 7 nitrogen and oxygen atoms in total. The topological polar surface area (TPSA) is 94.5 Å². The minimum atomic E-state index is -0.108. The number of carbonyl (C=O) groups excluding carboxylic acids is 1. The first-order valence-electron chi connectivity index (χ1n) is 11.4. The smallest absolute Gasteiger partial charge is 0.193 e. The quantitative estimate of drug-likeness (QED) is 0.264. The Morgan fingerprint density at radius 2 is 0.750 bits per heavy atom. The Kier molecular flexibility index (Phi) is 8.53. The molecule has 0 spiro atoms. The molecule has 0 saturated carbocycles.